The molecule has 2 amide bonds. The molecular formula is C23H29BrFN3O4S. The van der Waals surface area contributed by atoms with E-state index >= 15 is 0 Å². The van der Waals surface area contributed by atoms with Crippen LogP contribution in [0.25, 0.3) is 0 Å². The van der Waals surface area contributed by atoms with Gasteiger partial charge in [-0.3, -0.25) is 13.9 Å². The molecule has 0 saturated carbocycles. The second-order valence-corrected chi connectivity index (χ2v) is 10.5. The molecule has 2 aromatic carbocycles. The number of halogens is 2. The summed E-state index contributed by atoms with van der Waals surface area (Å²) in [5, 5.41) is 2.81. The van der Waals surface area contributed by atoms with Crippen LogP contribution in [-0.4, -0.2) is 50.5 Å². The van der Waals surface area contributed by atoms with Crippen LogP contribution >= 0.6 is 15.9 Å². The van der Waals surface area contributed by atoms with Gasteiger partial charge < -0.3 is 10.2 Å². The van der Waals surface area contributed by atoms with E-state index in [-0.39, 0.29) is 12.5 Å². The smallest absolute Gasteiger partial charge is 0.244 e. The second-order valence-electron chi connectivity index (χ2n) is 7.72. The molecule has 0 bridgehead atoms. The lowest BCUT2D eigenvalue weighted by molar-refractivity contribution is -0.139. The van der Waals surface area contributed by atoms with Gasteiger partial charge in [0.2, 0.25) is 21.8 Å². The Balaban J connectivity index is 2.33. The first-order valence-corrected chi connectivity index (χ1v) is 13.2. The quantitative estimate of drug-likeness (QED) is 0.439. The number of carbonyl (C=O) groups excluding carboxylic acids is 2. The van der Waals surface area contributed by atoms with Crippen LogP contribution in [0, 0.1) is 5.82 Å². The Labute approximate surface area is 203 Å². The van der Waals surface area contributed by atoms with Gasteiger partial charge in [0.15, 0.2) is 0 Å². The summed E-state index contributed by atoms with van der Waals surface area (Å²) in [4.78, 5) is 27.4. The molecule has 1 unspecified atom stereocenters. The first-order chi connectivity index (χ1) is 15.5. The summed E-state index contributed by atoms with van der Waals surface area (Å²) in [5.41, 5.74) is 0.938. The molecule has 0 heterocycles. The number of unbranched alkanes of at least 4 members (excludes halogenated alkanes) is 1. The summed E-state index contributed by atoms with van der Waals surface area (Å²) in [5.74, 6) is -1.31. The largest absolute Gasteiger partial charge is 0.354 e. The topological polar surface area (TPSA) is 86.8 Å². The monoisotopic (exact) mass is 541 g/mol. The van der Waals surface area contributed by atoms with E-state index < -0.39 is 34.3 Å². The standard InChI is InChI=1S/C23H29BrFN3O4S/c1-4-5-13-26-23(30)17(2)27(15-18-9-11-20(25)12-10-18)22(29)16-28(33(3,31)32)21-8-6-7-19(24)14-21/h6-12,14,17H,4-5,13,15-16H2,1-3H3,(H,26,30). The van der Waals surface area contributed by atoms with Gasteiger partial charge in [-0.2, -0.15) is 0 Å². The zero-order chi connectivity index (χ0) is 24.6. The van der Waals surface area contributed by atoms with Gasteiger partial charge in [-0.25, -0.2) is 12.8 Å². The third kappa shape index (κ3) is 8.12. The minimum absolute atomic E-state index is 0.0254. The number of hydrogen-bond donors (Lipinski definition) is 1. The first kappa shape index (κ1) is 26.8. The SMILES string of the molecule is CCCCNC(=O)C(C)N(Cc1ccc(F)cc1)C(=O)CN(c1cccc(Br)c1)S(C)(=O)=O. The molecule has 2 aromatic rings. The zero-order valence-corrected chi connectivity index (χ0v) is 21.3. The Kier molecular flexibility index (Phi) is 9.85. The minimum atomic E-state index is -3.79. The molecule has 0 aliphatic carbocycles. The predicted octanol–water partition coefficient (Wildman–Crippen LogP) is 3.69. The molecule has 1 atom stereocenters. The van der Waals surface area contributed by atoms with Gasteiger partial charge in [-0.1, -0.05) is 47.5 Å². The molecule has 2 rings (SSSR count). The average Bonchev–Trinajstić information content (AvgIpc) is 2.75. The summed E-state index contributed by atoms with van der Waals surface area (Å²) in [6.07, 6.45) is 2.73. The molecule has 10 heteroatoms. The van der Waals surface area contributed by atoms with E-state index in [4.69, 9.17) is 0 Å². The van der Waals surface area contributed by atoms with Crippen LogP contribution in [0.1, 0.15) is 32.3 Å². The maximum Gasteiger partial charge on any atom is 0.244 e. The van der Waals surface area contributed by atoms with Crippen molar-refractivity contribution in [2.24, 2.45) is 0 Å². The van der Waals surface area contributed by atoms with Gasteiger partial charge in [0.25, 0.3) is 0 Å². The summed E-state index contributed by atoms with van der Waals surface area (Å²) >= 11 is 3.31. The Morgan fingerprint density at radius 2 is 1.82 bits per heavy atom. The van der Waals surface area contributed by atoms with Crippen molar-refractivity contribution >= 4 is 43.5 Å². The van der Waals surface area contributed by atoms with Crippen molar-refractivity contribution in [1.82, 2.24) is 10.2 Å². The van der Waals surface area contributed by atoms with Gasteiger partial charge in [-0.05, 0) is 49.2 Å². The molecular weight excluding hydrogens is 513 g/mol. The highest BCUT2D eigenvalue weighted by Crippen LogP contribution is 2.23. The molecule has 0 fully saturated rings. The molecule has 0 spiro atoms. The Morgan fingerprint density at radius 1 is 1.15 bits per heavy atom. The molecule has 0 aliphatic heterocycles. The van der Waals surface area contributed by atoms with E-state index in [2.05, 4.69) is 21.2 Å². The number of nitrogens with zero attached hydrogens (tertiary/aromatic N) is 2. The highest BCUT2D eigenvalue weighted by Gasteiger charge is 2.30. The highest BCUT2D eigenvalue weighted by atomic mass is 79.9. The fourth-order valence-corrected chi connectivity index (χ4v) is 4.38. The number of anilines is 1. The number of sulfonamides is 1. The van der Waals surface area contributed by atoms with Gasteiger partial charge >= 0.3 is 0 Å². The van der Waals surface area contributed by atoms with Gasteiger partial charge in [-0.15, -0.1) is 0 Å². The van der Waals surface area contributed by atoms with Gasteiger partial charge in [0.05, 0.1) is 11.9 Å². The normalized spacial score (nSPS) is 12.2. The summed E-state index contributed by atoms with van der Waals surface area (Å²) < 4.78 is 40.0. The minimum Gasteiger partial charge on any atom is -0.354 e. The van der Waals surface area contributed by atoms with Crippen LogP contribution in [0.5, 0.6) is 0 Å². The fourth-order valence-electron chi connectivity index (χ4n) is 3.15. The highest BCUT2D eigenvalue weighted by molar-refractivity contribution is 9.10. The van der Waals surface area contributed by atoms with Gasteiger partial charge in [0.1, 0.15) is 18.4 Å². The molecule has 180 valence electrons. The van der Waals surface area contributed by atoms with Crippen molar-refractivity contribution in [3.8, 4) is 0 Å². The summed E-state index contributed by atoms with van der Waals surface area (Å²) in [7, 11) is -3.79. The molecule has 0 radical (unpaired) electrons. The van der Waals surface area contributed by atoms with E-state index in [1.807, 2.05) is 6.92 Å². The molecule has 7 nitrogen and oxygen atoms in total. The average molecular weight is 542 g/mol. The van der Waals surface area contributed by atoms with Crippen LogP contribution in [0.4, 0.5) is 10.1 Å². The van der Waals surface area contributed by atoms with Crippen molar-refractivity contribution in [2.75, 3.05) is 23.7 Å². The number of benzene rings is 2. The molecule has 0 saturated heterocycles. The lowest BCUT2D eigenvalue weighted by atomic mass is 10.1. The third-order valence-electron chi connectivity index (χ3n) is 5.04. The van der Waals surface area contributed by atoms with E-state index in [1.165, 1.54) is 29.2 Å². The number of rotatable bonds is 11. The number of carbonyl (C=O) groups is 2. The molecule has 33 heavy (non-hydrogen) atoms. The predicted molar refractivity (Wildman–Crippen MR) is 131 cm³/mol. The Hall–Kier alpha value is -2.46. The van der Waals surface area contributed by atoms with Crippen molar-refractivity contribution < 1.29 is 22.4 Å². The maximum absolute atomic E-state index is 13.4. The number of nitrogens with one attached hydrogen (secondary N) is 1. The Morgan fingerprint density at radius 3 is 2.39 bits per heavy atom. The van der Waals surface area contributed by atoms with Crippen LogP contribution in [-0.2, 0) is 26.2 Å². The summed E-state index contributed by atoms with van der Waals surface area (Å²) in [6.45, 7) is 3.61. The number of hydrogen-bond acceptors (Lipinski definition) is 4. The van der Waals surface area contributed by atoms with Gasteiger partial charge in [0, 0.05) is 17.6 Å². The first-order valence-electron chi connectivity index (χ1n) is 10.6. The molecule has 1 N–H and O–H groups in total. The second kappa shape index (κ2) is 12.1. The van der Waals surface area contributed by atoms with Crippen LogP contribution in [0.15, 0.2) is 53.0 Å². The molecule has 0 aromatic heterocycles. The maximum atomic E-state index is 13.4. The van der Waals surface area contributed by atoms with Crippen molar-refractivity contribution in [1.29, 1.82) is 0 Å². The van der Waals surface area contributed by atoms with Crippen LogP contribution < -0.4 is 9.62 Å². The van der Waals surface area contributed by atoms with E-state index in [9.17, 15) is 22.4 Å². The van der Waals surface area contributed by atoms with E-state index in [0.717, 1.165) is 23.4 Å². The van der Waals surface area contributed by atoms with Crippen LogP contribution in [0.3, 0.4) is 0 Å². The lowest BCUT2D eigenvalue weighted by Gasteiger charge is -2.31. The number of amides is 2. The van der Waals surface area contributed by atoms with E-state index in [1.54, 1.807) is 31.2 Å². The Bertz CT molecular complexity index is 1060. The fraction of sp³-hybridized carbons (Fsp3) is 0.391. The van der Waals surface area contributed by atoms with Crippen molar-refractivity contribution in [3.63, 3.8) is 0 Å². The van der Waals surface area contributed by atoms with E-state index in [0.29, 0.717) is 22.3 Å². The lowest BCUT2D eigenvalue weighted by Crippen LogP contribution is -2.51. The third-order valence-corrected chi connectivity index (χ3v) is 6.67. The van der Waals surface area contributed by atoms with Crippen molar-refractivity contribution in [2.45, 2.75) is 39.3 Å². The zero-order valence-electron chi connectivity index (χ0n) is 18.9. The van der Waals surface area contributed by atoms with Crippen LogP contribution in [0.2, 0.25) is 0 Å². The molecule has 0 aliphatic rings. The summed E-state index contributed by atoms with van der Waals surface area (Å²) in [6, 6.07) is 11.3. The van der Waals surface area contributed by atoms with Crippen molar-refractivity contribution in [3.05, 3.63) is 64.4 Å².